The Morgan fingerprint density at radius 1 is 0.750 bits per heavy atom. The maximum Gasteiger partial charge on any atom is 1.00 e. The minimum Gasteiger partial charge on any atom is -2.00 e. The summed E-state index contributed by atoms with van der Waals surface area (Å²) in [4.78, 5) is 0. The Kier molecular flexibility index (Phi) is 102. The van der Waals surface area contributed by atoms with E-state index in [1.54, 1.807) is 0 Å². The van der Waals surface area contributed by atoms with E-state index in [1.807, 2.05) is 0 Å². The number of rotatable bonds is 0. The molecule has 0 aromatic heterocycles. The minimum absolute atomic E-state index is 0. The molecule has 0 N–H and O–H groups in total. The van der Waals surface area contributed by atoms with Crippen LogP contribution in [0.15, 0.2) is 0 Å². The van der Waals surface area contributed by atoms with E-state index in [9.17, 15) is 0 Å². The zero-order valence-corrected chi connectivity index (χ0v) is 7.22. The topological polar surface area (TPSA) is 0 Å². The normalized spacial score (nSPS) is 0. The van der Waals surface area contributed by atoms with E-state index in [0.717, 1.165) is 0 Å². The maximum atomic E-state index is 0. The van der Waals surface area contributed by atoms with E-state index < -0.39 is 0 Å². The van der Waals surface area contributed by atoms with Crippen LogP contribution in [0.4, 0.5) is 0 Å². The minimum atomic E-state index is 0. The molecule has 4 heteroatoms. The van der Waals surface area contributed by atoms with E-state index in [-0.39, 0.29) is 110 Å². The molecule has 0 saturated heterocycles. The molecule has 12 valence electrons. The first kappa shape index (κ1) is 25.5. The van der Waals surface area contributed by atoms with Gasteiger partial charge in [-0.3, -0.25) is 0 Å². The second-order valence-electron chi connectivity index (χ2n) is 0. The average Bonchev–Trinajstić information content (AvgIpc) is 0. The van der Waals surface area contributed by atoms with Crippen molar-refractivity contribution in [2.24, 2.45) is 0 Å². The third-order valence-electron chi connectivity index (χ3n) is 0. The summed E-state index contributed by atoms with van der Waals surface area (Å²) in [7, 11) is 0. The molecule has 0 radical (unpaired) electrons. The molecule has 0 spiro atoms. The molecular weight excluding hydrogens is 118 g/mol. The molecule has 4 heavy (non-hydrogen) atoms. The molecule has 0 aromatic rings. The summed E-state index contributed by atoms with van der Waals surface area (Å²) < 4.78 is 0. The van der Waals surface area contributed by atoms with Crippen molar-refractivity contribution in [2.75, 3.05) is 0 Å². The molecule has 0 aliphatic rings. The standard InChI is InChI=1S/Ca.2Na.S.2H/q;2*+1;-2;;. The Morgan fingerprint density at radius 3 is 0.750 bits per heavy atom. The van der Waals surface area contributed by atoms with Gasteiger partial charge in [0.25, 0.3) is 0 Å². The van der Waals surface area contributed by atoms with Crippen molar-refractivity contribution >= 4 is 51.2 Å². The Bertz CT molecular complexity index is 6.00. The fourth-order valence-corrected chi connectivity index (χ4v) is 0. The van der Waals surface area contributed by atoms with Gasteiger partial charge in [-0.15, -0.1) is 0 Å². The summed E-state index contributed by atoms with van der Waals surface area (Å²) in [6.07, 6.45) is 0. The van der Waals surface area contributed by atoms with Crippen LogP contribution >= 0.6 is 0 Å². The van der Waals surface area contributed by atoms with Crippen LogP contribution in [-0.4, -0.2) is 37.7 Å². The van der Waals surface area contributed by atoms with Crippen molar-refractivity contribution in [1.29, 1.82) is 0 Å². The third-order valence-corrected chi connectivity index (χ3v) is 0. The Morgan fingerprint density at radius 2 is 0.750 bits per heavy atom. The zero-order chi connectivity index (χ0) is 0. The average molecular weight is 120 g/mol. The molecule has 0 amide bonds. The first-order chi connectivity index (χ1) is 0. The molecule has 0 aliphatic carbocycles. The third kappa shape index (κ3) is 9.15. The van der Waals surface area contributed by atoms with E-state index in [0.29, 0.717) is 0 Å². The summed E-state index contributed by atoms with van der Waals surface area (Å²) in [6.45, 7) is 0. The second-order valence-corrected chi connectivity index (χ2v) is 0. The van der Waals surface area contributed by atoms with Gasteiger partial charge in [0, 0.05) is 0 Å². The molecule has 0 unspecified atom stereocenters. The van der Waals surface area contributed by atoms with Crippen LogP contribution in [0.25, 0.3) is 0 Å². The van der Waals surface area contributed by atoms with Gasteiger partial charge in [-0.25, -0.2) is 0 Å². The first-order valence-corrected chi connectivity index (χ1v) is 0. The first-order valence-electron chi connectivity index (χ1n) is 0. The van der Waals surface area contributed by atoms with Crippen molar-refractivity contribution in [1.82, 2.24) is 0 Å². The van der Waals surface area contributed by atoms with Gasteiger partial charge in [0.15, 0.2) is 0 Å². The molecule has 0 nitrogen and oxygen atoms in total. The van der Waals surface area contributed by atoms with Gasteiger partial charge in [0.2, 0.25) is 0 Å². The van der Waals surface area contributed by atoms with E-state index in [2.05, 4.69) is 0 Å². The fraction of sp³-hybridized carbons (Fsp3) is 0. The Labute approximate surface area is 108 Å². The van der Waals surface area contributed by atoms with E-state index in [1.165, 1.54) is 0 Å². The van der Waals surface area contributed by atoms with Crippen LogP contribution in [0.5, 0.6) is 0 Å². The monoisotopic (exact) mass is 120 g/mol. The van der Waals surface area contributed by atoms with Gasteiger partial charge in [-0.05, 0) is 0 Å². The second kappa shape index (κ2) is 16.0. The number of hydrogen-bond acceptors (Lipinski definition) is 0. The molecule has 0 rings (SSSR count). The van der Waals surface area contributed by atoms with Crippen molar-refractivity contribution in [3.05, 3.63) is 0 Å². The maximum absolute atomic E-state index is 0. The van der Waals surface area contributed by atoms with Crippen LogP contribution in [-0.2, 0) is 13.5 Å². The van der Waals surface area contributed by atoms with Gasteiger partial charge in [-0.2, -0.15) is 0 Å². The predicted octanol–water partition coefficient (Wildman–Crippen LogP) is -6.91. The zero-order valence-electron chi connectivity index (χ0n) is 2.41. The summed E-state index contributed by atoms with van der Waals surface area (Å²) in [5.74, 6) is 0. The summed E-state index contributed by atoms with van der Waals surface area (Å²) >= 11 is 0. The molecule has 0 aromatic carbocycles. The van der Waals surface area contributed by atoms with Crippen molar-refractivity contribution in [3.8, 4) is 0 Å². The van der Waals surface area contributed by atoms with Crippen LogP contribution in [0.1, 0.15) is 0 Å². The molecule has 0 atom stereocenters. The SMILES string of the molecule is [CaH2].[Na+].[Na+].[S-2]. The number of hydrogen-bond donors (Lipinski definition) is 0. The quantitative estimate of drug-likeness (QED) is 0.279. The van der Waals surface area contributed by atoms with Gasteiger partial charge in [0.1, 0.15) is 0 Å². The van der Waals surface area contributed by atoms with Crippen LogP contribution in [0.3, 0.4) is 0 Å². The summed E-state index contributed by atoms with van der Waals surface area (Å²) in [5, 5.41) is 0. The van der Waals surface area contributed by atoms with Gasteiger partial charge in [-0.1, -0.05) is 0 Å². The molecule has 0 saturated carbocycles. The molecule has 0 fully saturated rings. The van der Waals surface area contributed by atoms with E-state index in [4.69, 9.17) is 0 Å². The van der Waals surface area contributed by atoms with Crippen LogP contribution in [0.2, 0.25) is 0 Å². The van der Waals surface area contributed by atoms with Crippen LogP contribution < -0.4 is 59.1 Å². The van der Waals surface area contributed by atoms with Crippen molar-refractivity contribution in [3.63, 3.8) is 0 Å². The summed E-state index contributed by atoms with van der Waals surface area (Å²) in [6, 6.07) is 0. The Balaban J connectivity index is 0. The Hall–Kier alpha value is 3.61. The van der Waals surface area contributed by atoms with Crippen molar-refractivity contribution < 1.29 is 59.1 Å². The van der Waals surface area contributed by atoms with Crippen LogP contribution in [0, 0.1) is 0 Å². The molecular formula is H2CaNa2S. The smallest absolute Gasteiger partial charge is 1.00 e. The van der Waals surface area contributed by atoms with Gasteiger partial charge in [0.05, 0.1) is 0 Å². The van der Waals surface area contributed by atoms with Gasteiger partial charge >= 0.3 is 96.9 Å². The molecule has 0 aliphatic heterocycles. The fourth-order valence-electron chi connectivity index (χ4n) is 0. The van der Waals surface area contributed by atoms with Gasteiger partial charge < -0.3 is 13.5 Å². The van der Waals surface area contributed by atoms with Crippen molar-refractivity contribution in [2.45, 2.75) is 0 Å². The van der Waals surface area contributed by atoms with E-state index >= 15 is 0 Å². The molecule has 0 bridgehead atoms. The predicted molar refractivity (Wildman–Crippen MR) is 15.9 cm³/mol. The largest absolute Gasteiger partial charge is 2.00 e. The molecule has 0 heterocycles. The summed E-state index contributed by atoms with van der Waals surface area (Å²) in [5.41, 5.74) is 0.